The Kier molecular flexibility index (Phi) is 6.28. The minimum absolute atomic E-state index is 0.460. The van der Waals surface area contributed by atoms with Crippen LogP contribution in [-0.4, -0.2) is 25.7 Å². The lowest BCUT2D eigenvalue weighted by atomic mass is 9.90. The molecular formula is C17H25N3O. The Morgan fingerprint density at radius 2 is 2.19 bits per heavy atom. The molecule has 0 saturated carbocycles. The van der Waals surface area contributed by atoms with Gasteiger partial charge in [-0.25, -0.2) is 0 Å². The Morgan fingerprint density at radius 3 is 3.05 bits per heavy atom. The number of ether oxygens (including phenoxy) is 1. The van der Waals surface area contributed by atoms with E-state index < -0.39 is 0 Å². The minimum Gasteiger partial charge on any atom is -0.379 e. The SMILES string of the molecule is C=CCCOCCN=C(N)Nc1cccc2c1CCCC2. The molecule has 0 spiro atoms. The summed E-state index contributed by atoms with van der Waals surface area (Å²) in [6, 6.07) is 6.37. The number of hydrogen-bond donors (Lipinski definition) is 2. The molecule has 0 unspecified atom stereocenters. The number of benzene rings is 1. The van der Waals surface area contributed by atoms with Crippen molar-refractivity contribution in [3.8, 4) is 0 Å². The molecule has 1 aromatic rings. The van der Waals surface area contributed by atoms with Crippen molar-refractivity contribution < 1.29 is 4.74 Å². The number of rotatable bonds is 7. The van der Waals surface area contributed by atoms with Crippen molar-refractivity contribution in [2.75, 3.05) is 25.1 Å². The molecule has 0 amide bonds. The maximum atomic E-state index is 5.95. The van der Waals surface area contributed by atoms with Crippen LogP contribution < -0.4 is 11.1 Å². The van der Waals surface area contributed by atoms with Crippen LogP contribution in [0.25, 0.3) is 0 Å². The number of nitrogens with two attached hydrogens (primary N) is 1. The van der Waals surface area contributed by atoms with Crippen LogP contribution in [0.15, 0.2) is 35.8 Å². The molecule has 114 valence electrons. The highest BCUT2D eigenvalue weighted by atomic mass is 16.5. The molecule has 21 heavy (non-hydrogen) atoms. The summed E-state index contributed by atoms with van der Waals surface area (Å²) in [5.74, 6) is 0.460. The van der Waals surface area contributed by atoms with Gasteiger partial charge in [0.1, 0.15) is 0 Å². The van der Waals surface area contributed by atoms with Gasteiger partial charge in [0, 0.05) is 5.69 Å². The van der Waals surface area contributed by atoms with Crippen LogP contribution in [0.4, 0.5) is 5.69 Å². The van der Waals surface area contributed by atoms with Gasteiger partial charge in [0.05, 0.1) is 19.8 Å². The monoisotopic (exact) mass is 287 g/mol. The van der Waals surface area contributed by atoms with Gasteiger partial charge in [-0.05, 0) is 49.3 Å². The first-order valence-corrected chi connectivity index (χ1v) is 7.67. The number of nitrogens with one attached hydrogen (secondary N) is 1. The molecule has 0 fully saturated rings. The zero-order valence-corrected chi connectivity index (χ0v) is 12.6. The first-order valence-electron chi connectivity index (χ1n) is 7.67. The average Bonchev–Trinajstić information content (AvgIpc) is 2.51. The highest BCUT2D eigenvalue weighted by Gasteiger charge is 2.12. The van der Waals surface area contributed by atoms with Crippen LogP contribution in [0, 0.1) is 0 Å². The number of aryl methyl sites for hydroxylation is 1. The third-order valence-corrected chi connectivity index (χ3v) is 3.64. The summed E-state index contributed by atoms with van der Waals surface area (Å²) in [5.41, 5.74) is 9.87. The number of nitrogens with zero attached hydrogens (tertiary/aromatic N) is 1. The first-order chi connectivity index (χ1) is 10.3. The average molecular weight is 287 g/mol. The molecular weight excluding hydrogens is 262 g/mol. The molecule has 1 aliphatic carbocycles. The molecule has 1 aliphatic rings. The fraction of sp³-hybridized carbons (Fsp3) is 0.471. The molecule has 0 aromatic heterocycles. The van der Waals surface area contributed by atoms with Crippen molar-refractivity contribution >= 4 is 11.6 Å². The van der Waals surface area contributed by atoms with Crippen LogP contribution >= 0.6 is 0 Å². The smallest absolute Gasteiger partial charge is 0.193 e. The van der Waals surface area contributed by atoms with Gasteiger partial charge in [-0.2, -0.15) is 0 Å². The van der Waals surface area contributed by atoms with Crippen LogP contribution in [0.2, 0.25) is 0 Å². The molecule has 0 bridgehead atoms. The molecule has 0 radical (unpaired) electrons. The van der Waals surface area contributed by atoms with Crippen LogP contribution in [0.5, 0.6) is 0 Å². The lowest BCUT2D eigenvalue weighted by Gasteiger charge is -2.19. The lowest BCUT2D eigenvalue weighted by Crippen LogP contribution is -2.24. The second-order valence-electron chi connectivity index (χ2n) is 5.23. The summed E-state index contributed by atoms with van der Waals surface area (Å²) in [5, 5.41) is 3.23. The highest BCUT2D eigenvalue weighted by Crippen LogP contribution is 2.27. The molecule has 2 rings (SSSR count). The summed E-state index contributed by atoms with van der Waals surface area (Å²) >= 11 is 0. The zero-order valence-electron chi connectivity index (χ0n) is 12.6. The first kappa shape index (κ1) is 15.6. The van der Waals surface area contributed by atoms with Crippen LogP contribution in [-0.2, 0) is 17.6 Å². The van der Waals surface area contributed by atoms with Gasteiger partial charge in [-0.15, -0.1) is 6.58 Å². The minimum atomic E-state index is 0.460. The normalized spacial score (nSPS) is 14.6. The maximum absolute atomic E-state index is 5.95. The van der Waals surface area contributed by atoms with Crippen LogP contribution in [0.1, 0.15) is 30.4 Å². The molecule has 0 atom stereocenters. The zero-order chi connectivity index (χ0) is 14.9. The van der Waals surface area contributed by atoms with Gasteiger partial charge in [0.25, 0.3) is 0 Å². The van der Waals surface area contributed by atoms with E-state index in [2.05, 4.69) is 35.1 Å². The van der Waals surface area contributed by atoms with E-state index in [4.69, 9.17) is 10.5 Å². The largest absolute Gasteiger partial charge is 0.379 e. The Morgan fingerprint density at radius 1 is 1.33 bits per heavy atom. The quantitative estimate of drug-likeness (QED) is 0.351. The standard InChI is InChI=1S/C17H25N3O/c1-2-3-12-21-13-11-19-17(18)20-16-10-6-8-14-7-4-5-9-15(14)16/h2,6,8,10H,1,3-5,7,9,11-13H2,(H3,18,19,20). The van der Waals surface area contributed by atoms with Gasteiger partial charge < -0.3 is 15.8 Å². The van der Waals surface area contributed by atoms with Gasteiger partial charge in [-0.3, -0.25) is 4.99 Å². The van der Waals surface area contributed by atoms with Crippen molar-refractivity contribution in [1.29, 1.82) is 0 Å². The van der Waals surface area contributed by atoms with Gasteiger partial charge in [-0.1, -0.05) is 18.2 Å². The van der Waals surface area contributed by atoms with Crippen molar-refractivity contribution in [2.24, 2.45) is 10.7 Å². The van der Waals surface area contributed by atoms with E-state index in [9.17, 15) is 0 Å². The highest BCUT2D eigenvalue weighted by molar-refractivity contribution is 5.93. The van der Waals surface area contributed by atoms with E-state index in [1.54, 1.807) is 0 Å². The predicted molar refractivity (Wildman–Crippen MR) is 88.8 cm³/mol. The van der Waals surface area contributed by atoms with Gasteiger partial charge in [0.15, 0.2) is 5.96 Å². The summed E-state index contributed by atoms with van der Waals surface area (Å²) in [7, 11) is 0. The Hall–Kier alpha value is -1.81. The number of anilines is 1. The van der Waals surface area contributed by atoms with E-state index in [1.807, 2.05) is 6.08 Å². The Labute approximate surface area is 127 Å². The van der Waals surface area contributed by atoms with E-state index in [-0.39, 0.29) is 0 Å². The van der Waals surface area contributed by atoms with E-state index in [0.717, 1.165) is 18.5 Å². The third-order valence-electron chi connectivity index (χ3n) is 3.64. The lowest BCUT2D eigenvalue weighted by molar-refractivity contribution is 0.146. The van der Waals surface area contributed by atoms with Crippen LogP contribution in [0.3, 0.4) is 0 Å². The predicted octanol–water partition coefficient (Wildman–Crippen LogP) is 2.88. The molecule has 3 N–H and O–H groups in total. The van der Waals surface area contributed by atoms with Crippen molar-refractivity contribution in [2.45, 2.75) is 32.1 Å². The Balaban J connectivity index is 1.85. The van der Waals surface area contributed by atoms with E-state index >= 15 is 0 Å². The second kappa shape index (κ2) is 8.47. The van der Waals surface area contributed by atoms with Crippen molar-refractivity contribution in [1.82, 2.24) is 0 Å². The van der Waals surface area contributed by atoms with Gasteiger partial charge in [0.2, 0.25) is 0 Å². The number of fused-ring (bicyclic) bond motifs is 1. The summed E-state index contributed by atoms with van der Waals surface area (Å²) in [4.78, 5) is 4.30. The Bertz CT molecular complexity index is 497. The molecule has 4 heteroatoms. The number of aliphatic imine (C=N–C) groups is 1. The van der Waals surface area contributed by atoms with E-state index in [0.29, 0.717) is 25.7 Å². The summed E-state index contributed by atoms with van der Waals surface area (Å²) < 4.78 is 5.40. The van der Waals surface area contributed by atoms with Crippen molar-refractivity contribution in [3.05, 3.63) is 42.0 Å². The fourth-order valence-corrected chi connectivity index (χ4v) is 2.58. The summed E-state index contributed by atoms with van der Waals surface area (Å²) in [6.07, 6.45) is 7.53. The molecule has 1 aromatic carbocycles. The van der Waals surface area contributed by atoms with E-state index in [1.165, 1.54) is 30.4 Å². The van der Waals surface area contributed by atoms with Gasteiger partial charge >= 0.3 is 0 Å². The van der Waals surface area contributed by atoms with Crippen molar-refractivity contribution in [3.63, 3.8) is 0 Å². The maximum Gasteiger partial charge on any atom is 0.193 e. The summed E-state index contributed by atoms with van der Waals surface area (Å²) in [6.45, 7) is 5.50. The molecule has 0 aliphatic heterocycles. The second-order valence-corrected chi connectivity index (χ2v) is 5.23. The number of guanidine groups is 1. The topological polar surface area (TPSA) is 59.6 Å². The number of hydrogen-bond acceptors (Lipinski definition) is 2. The molecule has 4 nitrogen and oxygen atoms in total. The fourth-order valence-electron chi connectivity index (χ4n) is 2.58. The third kappa shape index (κ3) is 4.90. The molecule has 0 heterocycles. The molecule has 0 saturated heterocycles.